The molecule has 2 aromatic carbocycles. The van der Waals surface area contributed by atoms with Crippen molar-refractivity contribution in [3.8, 4) is 0 Å². The molecule has 0 aliphatic carbocycles. The number of carbonyl (C=O) groups excluding carboxylic acids is 1. The Morgan fingerprint density at radius 2 is 1.81 bits per heavy atom. The standard InChI is InChI=1S/C19H18OS/c20-17(9-4-10-18-11-5-13-21-18)14-16-8-3-7-15-6-1-2-12-19(15)16/h1-3,5-8,11-13H,4,9-10,14H2. The third kappa shape index (κ3) is 3.59. The summed E-state index contributed by atoms with van der Waals surface area (Å²) in [6.45, 7) is 0. The minimum atomic E-state index is 0.336. The van der Waals surface area contributed by atoms with Crippen molar-refractivity contribution in [1.29, 1.82) is 0 Å². The summed E-state index contributed by atoms with van der Waals surface area (Å²) in [7, 11) is 0. The third-order valence-electron chi connectivity index (χ3n) is 3.73. The summed E-state index contributed by atoms with van der Waals surface area (Å²) < 4.78 is 0. The van der Waals surface area contributed by atoms with Crippen molar-refractivity contribution >= 4 is 27.9 Å². The Kier molecular flexibility index (Phi) is 4.46. The molecule has 2 heteroatoms. The van der Waals surface area contributed by atoms with Gasteiger partial charge in [0.25, 0.3) is 0 Å². The number of rotatable bonds is 6. The zero-order valence-corrected chi connectivity index (χ0v) is 12.7. The van der Waals surface area contributed by atoms with E-state index >= 15 is 0 Å². The van der Waals surface area contributed by atoms with Crippen LogP contribution in [0.15, 0.2) is 60.0 Å². The van der Waals surface area contributed by atoms with Gasteiger partial charge in [0.05, 0.1) is 0 Å². The van der Waals surface area contributed by atoms with Gasteiger partial charge in [-0.3, -0.25) is 4.79 Å². The molecule has 0 unspecified atom stereocenters. The summed E-state index contributed by atoms with van der Waals surface area (Å²) in [4.78, 5) is 13.6. The number of Topliss-reactive ketones (excluding diaryl/α,β-unsaturated/α-hetero) is 1. The van der Waals surface area contributed by atoms with Crippen LogP contribution in [0.2, 0.25) is 0 Å². The molecule has 0 bridgehead atoms. The van der Waals surface area contributed by atoms with Crippen LogP contribution in [-0.2, 0) is 17.6 Å². The second kappa shape index (κ2) is 6.68. The van der Waals surface area contributed by atoms with Crippen LogP contribution in [0.3, 0.4) is 0 Å². The molecular weight excluding hydrogens is 276 g/mol. The molecule has 21 heavy (non-hydrogen) atoms. The van der Waals surface area contributed by atoms with E-state index in [0.717, 1.165) is 18.4 Å². The van der Waals surface area contributed by atoms with Crippen molar-refractivity contribution in [2.45, 2.75) is 25.7 Å². The van der Waals surface area contributed by atoms with Crippen molar-refractivity contribution in [2.24, 2.45) is 0 Å². The summed E-state index contributed by atoms with van der Waals surface area (Å²) in [5.74, 6) is 0.336. The molecule has 0 aliphatic rings. The lowest BCUT2D eigenvalue weighted by Gasteiger charge is -2.06. The second-order valence-electron chi connectivity index (χ2n) is 5.29. The van der Waals surface area contributed by atoms with E-state index in [0.29, 0.717) is 18.6 Å². The fourth-order valence-corrected chi connectivity index (χ4v) is 3.41. The van der Waals surface area contributed by atoms with Crippen LogP contribution in [0.4, 0.5) is 0 Å². The molecule has 0 N–H and O–H groups in total. The second-order valence-corrected chi connectivity index (χ2v) is 6.32. The molecular formula is C19H18OS. The maximum Gasteiger partial charge on any atom is 0.137 e. The molecule has 3 aromatic rings. The summed E-state index contributed by atoms with van der Waals surface area (Å²) >= 11 is 1.77. The van der Waals surface area contributed by atoms with Crippen LogP contribution in [0.25, 0.3) is 10.8 Å². The smallest absolute Gasteiger partial charge is 0.137 e. The monoisotopic (exact) mass is 294 g/mol. The minimum Gasteiger partial charge on any atom is -0.299 e. The largest absolute Gasteiger partial charge is 0.299 e. The summed E-state index contributed by atoms with van der Waals surface area (Å²) in [5.41, 5.74) is 1.15. The van der Waals surface area contributed by atoms with Crippen LogP contribution in [0, 0.1) is 0 Å². The molecule has 0 saturated heterocycles. The number of hydrogen-bond acceptors (Lipinski definition) is 2. The topological polar surface area (TPSA) is 17.1 Å². The predicted molar refractivity (Wildman–Crippen MR) is 89.9 cm³/mol. The van der Waals surface area contributed by atoms with Gasteiger partial charge >= 0.3 is 0 Å². The van der Waals surface area contributed by atoms with E-state index in [2.05, 4.69) is 41.8 Å². The lowest BCUT2D eigenvalue weighted by molar-refractivity contribution is -0.118. The van der Waals surface area contributed by atoms with Gasteiger partial charge in [-0.2, -0.15) is 0 Å². The number of aryl methyl sites for hydroxylation is 1. The van der Waals surface area contributed by atoms with E-state index in [-0.39, 0.29) is 0 Å². The summed E-state index contributed by atoms with van der Waals surface area (Å²) in [5, 5.41) is 4.50. The Hall–Kier alpha value is -1.93. The van der Waals surface area contributed by atoms with Gasteiger partial charge in [0.1, 0.15) is 5.78 Å². The first-order valence-corrected chi connectivity index (χ1v) is 8.21. The van der Waals surface area contributed by atoms with E-state index in [1.54, 1.807) is 11.3 Å². The number of fused-ring (bicyclic) bond motifs is 1. The van der Waals surface area contributed by atoms with E-state index < -0.39 is 0 Å². The van der Waals surface area contributed by atoms with Crippen LogP contribution in [-0.4, -0.2) is 5.78 Å². The molecule has 0 spiro atoms. The van der Waals surface area contributed by atoms with E-state index in [1.165, 1.54) is 15.6 Å². The Labute approximate surface area is 129 Å². The molecule has 1 heterocycles. The molecule has 0 fully saturated rings. The number of benzene rings is 2. The zero-order valence-electron chi connectivity index (χ0n) is 11.9. The first-order valence-electron chi connectivity index (χ1n) is 7.33. The molecule has 0 amide bonds. The number of hydrogen-bond donors (Lipinski definition) is 0. The zero-order chi connectivity index (χ0) is 14.5. The Morgan fingerprint density at radius 1 is 0.952 bits per heavy atom. The lowest BCUT2D eigenvalue weighted by atomic mass is 9.98. The highest BCUT2D eigenvalue weighted by Crippen LogP contribution is 2.20. The average molecular weight is 294 g/mol. The maximum absolute atomic E-state index is 12.2. The van der Waals surface area contributed by atoms with Crippen molar-refractivity contribution in [3.05, 3.63) is 70.4 Å². The minimum absolute atomic E-state index is 0.336. The Bertz CT molecular complexity index is 723. The maximum atomic E-state index is 12.2. The first kappa shape index (κ1) is 14.0. The van der Waals surface area contributed by atoms with Crippen molar-refractivity contribution in [1.82, 2.24) is 0 Å². The first-order chi connectivity index (χ1) is 10.3. The Morgan fingerprint density at radius 3 is 2.67 bits per heavy atom. The molecule has 1 nitrogen and oxygen atoms in total. The summed E-state index contributed by atoms with van der Waals surface area (Å²) in [6.07, 6.45) is 3.18. The lowest BCUT2D eigenvalue weighted by Crippen LogP contribution is -2.03. The van der Waals surface area contributed by atoms with Crippen molar-refractivity contribution in [2.75, 3.05) is 0 Å². The van der Waals surface area contributed by atoms with Crippen LogP contribution >= 0.6 is 11.3 Å². The highest BCUT2D eigenvalue weighted by Gasteiger charge is 2.07. The SMILES string of the molecule is O=C(CCCc1cccs1)Cc1cccc2ccccc12. The van der Waals surface area contributed by atoms with Gasteiger partial charge in [-0.1, -0.05) is 48.5 Å². The molecule has 0 radical (unpaired) electrons. The molecule has 0 aliphatic heterocycles. The highest BCUT2D eigenvalue weighted by atomic mass is 32.1. The van der Waals surface area contributed by atoms with Crippen molar-refractivity contribution in [3.63, 3.8) is 0 Å². The fourth-order valence-electron chi connectivity index (χ4n) is 2.66. The molecule has 1 aromatic heterocycles. The predicted octanol–water partition coefficient (Wildman–Crippen LogP) is 5.04. The van der Waals surface area contributed by atoms with Gasteiger partial charge in [-0.05, 0) is 40.6 Å². The van der Waals surface area contributed by atoms with Crippen molar-refractivity contribution < 1.29 is 4.79 Å². The normalized spacial score (nSPS) is 10.9. The average Bonchev–Trinajstić information content (AvgIpc) is 3.01. The third-order valence-corrected chi connectivity index (χ3v) is 4.66. The number of thiophene rings is 1. The van der Waals surface area contributed by atoms with E-state index in [1.807, 2.05) is 18.2 Å². The van der Waals surface area contributed by atoms with Gasteiger partial charge in [0, 0.05) is 17.7 Å². The molecule has 0 saturated carbocycles. The number of carbonyl (C=O) groups is 1. The Balaban J connectivity index is 1.61. The van der Waals surface area contributed by atoms with Crippen LogP contribution in [0.1, 0.15) is 23.3 Å². The van der Waals surface area contributed by atoms with E-state index in [4.69, 9.17) is 0 Å². The molecule has 0 atom stereocenters. The molecule has 106 valence electrons. The quantitative estimate of drug-likeness (QED) is 0.622. The van der Waals surface area contributed by atoms with E-state index in [9.17, 15) is 4.79 Å². The van der Waals surface area contributed by atoms with Gasteiger partial charge < -0.3 is 0 Å². The van der Waals surface area contributed by atoms with Gasteiger partial charge in [0.15, 0.2) is 0 Å². The van der Waals surface area contributed by atoms with Crippen LogP contribution < -0.4 is 0 Å². The fraction of sp³-hybridized carbons (Fsp3) is 0.211. The van der Waals surface area contributed by atoms with Gasteiger partial charge in [-0.15, -0.1) is 11.3 Å². The highest BCUT2D eigenvalue weighted by molar-refractivity contribution is 7.09. The van der Waals surface area contributed by atoms with Crippen LogP contribution in [0.5, 0.6) is 0 Å². The number of ketones is 1. The molecule has 3 rings (SSSR count). The summed E-state index contributed by atoms with van der Waals surface area (Å²) in [6, 6.07) is 18.7. The van der Waals surface area contributed by atoms with Gasteiger partial charge in [-0.25, -0.2) is 0 Å². The van der Waals surface area contributed by atoms with Gasteiger partial charge in [0.2, 0.25) is 0 Å².